The van der Waals surface area contributed by atoms with Gasteiger partial charge < -0.3 is 9.67 Å². The van der Waals surface area contributed by atoms with E-state index in [1.165, 1.54) is 0 Å². The molecule has 0 radical (unpaired) electrons. The van der Waals surface area contributed by atoms with Gasteiger partial charge in [-0.2, -0.15) is 0 Å². The van der Waals surface area contributed by atoms with Gasteiger partial charge in [-0.3, -0.25) is 4.98 Å². The predicted octanol–water partition coefficient (Wildman–Crippen LogP) is 2.27. The van der Waals surface area contributed by atoms with Crippen LogP contribution in [-0.2, 0) is 13.0 Å². The zero-order valence-corrected chi connectivity index (χ0v) is 10.9. The molecule has 0 bridgehead atoms. The monoisotopic (exact) mass is 245 g/mol. The zero-order valence-electron chi connectivity index (χ0n) is 10.9. The molecule has 2 aromatic heterocycles. The SMILES string of the molecule is CCCn1ccnc1CC(O)c1ccc(C)nc1. The van der Waals surface area contributed by atoms with E-state index in [2.05, 4.69) is 21.5 Å². The molecule has 0 aliphatic carbocycles. The van der Waals surface area contributed by atoms with Gasteiger partial charge in [0.1, 0.15) is 5.82 Å². The molecule has 1 unspecified atom stereocenters. The maximum Gasteiger partial charge on any atom is 0.111 e. The molecule has 0 aromatic carbocycles. The molecule has 2 rings (SSSR count). The second-order valence-electron chi connectivity index (χ2n) is 4.49. The van der Waals surface area contributed by atoms with Crippen molar-refractivity contribution in [2.75, 3.05) is 0 Å². The van der Waals surface area contributed by atoms with Crippen molar-refractivity contribution in [1.82, 2.24) is 14.5 Å². The summed E-state index contributed by atoms with van der Waals surface area (Å²) in [5.41, 5.74) is 1.80. The van der Waals surface area contributed by atoms with Gasteiger partial charge in [0.15, 0.2) is 0 Å². The Kier molecular flexibility index (Phi) is 4.10. The highest BCUT2D eigenvalue weighted by molar-refractivity contribution is 5.17. The molecule has 96 valence electrons. The van der Waals surface area contributed by atoms with Gasteiger partial charge in [-0.25, -0.2) is 4.98 Å². The lowest BCUT2D eigenvalue weighted by atomic mass is 10.1. The van der Waals surface area contributed by atoms with Crippen molar-refractivity contribution in [3.8, 4) is 0 Å². The highest BCUT2D eigenvalue weighted by atomic mass is 16.3. The van der Waals surface area contributed by atoms with Crippen molar-refractivity contribution in [2.45, 2.75) is 39.3 Å². The molecule has 0 saturated carbocycles. The van der Waals surface area contributed by atoms with Gasteiger partial charge in [0.2, 0.25) is 0 Å². The number of hydrogen-bond donors (Lipinski definition) is 1. The number of aliphatic hydroxyl groups is 1. The summed E-state index contributed by atoms with van der Waals surface area (Å²) in [4.78, 5) is 8.50. The second kappa shape index (κ2) is 5.78. The molecule has 0 aliphatic heterocycles. The molecule has 0 aliphatic rings. The van der Waals surface area contributed by atoms with Crippen LogP contribution in [0.15, 0.2) is 30.7 Å². The first-order valence-electron chi connectivity index (χ1n) is 6.31. The Hall–Kier alpha value is -1.68. The number of imidazole rings is 1. The minimum Gasteiger partial charge on any atom is -0.388 e. The van der Waals surface area contributed by atoms with Crippen LogP contribution in [0.4, 0.5) is 0 Å². The summed E-state index contributed by atoms with van der Waals surface area (Å²) in [6, 6.07) is 3.83. The Balaban J connectivity index is 2.08. The smallest absolute Gasteiger partial charge is 0.111 e. The molecule has 2 aromatic rings. The summed E-state index contributed by atoms with van der Waals surface area (Å²) >= 11 is 0. The Bertz CT molecular complexity index is 490. The van der Waals surface area contributed by atoms with E-state index in [1.807, 2.05) is 25.3 Å². The lowest BCUT2D eigenvalue weighted by Crippen LogP contribution is -2.09. The molecule has 0 amide bonds. The van der Waals surface area contributed by atoms with Gasteiger partial charge in [-0.15, -0.1) is 0 Å². The first-order chi connectivity index (χ1) is 8.70. The van der Waals surface area contributed by atoms with E-state index >= 15 is 0 Å². The van der Waals surface area contributed by atoms with Gasteiger partial charge in [0.05, 0.1) is 6.10 Å². The summed E-state index contributed by atoms with van der Waals surface area (Å²) in [5.74, 6) is 0.921. The average Bonchev–Trinajstić information content (AvgIpc) is 2.78. The summed E-state index contributed by atoms with van der Waals surface area (Å²) < 4.78 is 2.09. The lowest BCUT2D eigenvalue weighted by molar-refractivity contribution is 0.174. The molecule has 1 N–H and O–H groups in total. The van der Waals surface area contributed by atoms with Crippen molar-refractivity contribution in [1.29, 1.82) is 0 Å². The lowest BCUT2D eigenvalue weighted by Gasteiger charge is -2.12. The van der Waals surface area contributed by atoms with Crippen molar-refractivity contribution in [3.05, 3.63) is 47.8 Å². The van der Waals surface area contributed by atoms with Crippen LogP contribution in [0.2, 0.25) is 0 Å². The third kappa shape index (κ3) is 2.96. The van der Waals surface area contributed by atoms with Crippen molar-refractivity contribution in [2.24, 2.45) is 0 Å². The summed E-state index contributed by atoms with van der Waals surface area (Å²) in [6.07, 6.45) is 6.51. The fourth-order valence-corrected chi connectivity index (χ4v) is 1.94. The predicted molar refractivity (Wildman–Crippen MR) is 70.2 cm³/mol. The number of nitrogens with zero attached hydrogens (tertiary/aromatic N) is 3. The van der Waals surface area contributed by atoms with E-state index < -0.39 is 6.10 Å². The highest BCUT2D eigenvalue weighted by Crippen LogP contribution is 2.17. The molecular weight excluding hydrogens is 226 g/mol. The van der Waals surface area contributed by atoms with E-state index in [0.29, 0.717) is 6.42 Å². The molecule has 4 nitrogen and oxygen atoms in total. The Labute approximate surface area is 107 Å². The molecule has 2 heterocycles. The van der Waals surface area contributed by atoms with Gasteiger partial charge in [-0.1, -0.05) is 13.0 Å². The van der Waals surface area contributed by atoms with Gasteiger partial charge >= 0.3 is 0 Å². The van der Waals surface area contributed by atoms with E-state index in [1.54, 1.807) is 12.4 Å². The molecule has 0 saturated heterocycles. The number of pyridine rings is 1. The van der Waals surface area contributed by atoms with Crippen LogP contribution in [-0.4, -0.2) is 19.6 Å². The Morgan fingerprint density at radius 3 is 2.83 bits per heavy atom. The highest BCUT2D eigenvalue weighted by Gasteiger charge is 2.12. The van der Waals surface area contributed by atoms with Crippen LogP contribution in [0.25, 0.3) is 0 Å². The largest absolute Gasteiger partial charge is 0.388 e. The first-order valence-corrected chi connectivity index (χ1v) is 6.31. The molecule has 4 heteroatoms. The van der Waals surface area contributed by atoms with Crippen LogP contribution in [0, 0.1) is 6.92 Å². The first kappa shape index (κ1) is 12.8. The average molecular weight is 245 g/mol. The van der Waals surface area contributed by atoms with Crippen molar-refractivity contribution >= 4 is 0 Å². The van der Waals surface area contributed by atoms with E-state index in [9.17, 15) is 5.11 Å². The van der Waals surface area contributed by atoms with E-state index in [0.717, 1.165) is 30.0 Å². The van der Waals surface area contributed by atoms with Crippen molar-refractivity contribution in [3.63, 3.8) is 0 Å². The minimum absolute atomic E-state index is 0.526. The summed E-state index contributed by atoms with van der Waals surface area (Å²) in [7, 11) is 0. The van der Waals surface area contributed by atoms with E-state index in [4.69, 9.17) is 0 Å². The van der Waals surface area contributed by atoms with Crippen molar-refractivity contribution < 1.29 is 5.11 Å². The van der Waals surface area contributed by atoms with Crippen LogP contribution < -0.4 is 0 Å². The van der Waals surface area contributed by atoms with Crippen LogP contribution in [0.1, 0.15) is 36.5 Å². The number of aromatic nitrogens is 3. The third-order valence-corrected chi connectivity index (χ3v) is 2.96. The Morgan fingerprint density at radius 2 is 2.17 bits per heavy atom. The fourth-order valence-electron chi connectivity index (χ4n) is 1.94. The second-order valence-corrected chi connectivity index (χ2v) is 4.49. The molecule has 1 atom stereocenters. The number of aryl methyl sites for hydroxylation is 2. The number of hydrogen-bond acceptors (Lipinski definition) is 3. The topological polar surface area (TPSA) is 50.9 Å². The van der Waals surface area contributed by atoms with E-state index in [-0.39, 0.29) is 0 Å². The van der Waals surface area contributed by atoms with Crippen LogP contribution in [0.5, 0.6) is 0 Å². The van der Waals surface area contributed by atoms with Crippen LogP contribution in [0.3, 0.4) is 0 Å². The fraction of sp³-hybridized carbons (Fsp3) is 0.429. The number of aliphatic hydroxyl groups excluding tert-OH is 1. The summed E-state index contributed by atoms with van der Waals surface area (Å²) in [6.45, 7) is 5.00. The van der Waals surface area contributed by atoms with Gasteiger partial charge in [0.25, 0.3) is 0 Å². The standard InChI is InChI=1S/C14H19N3O/c1-3-7-17-8-6-15-14(17)9-13(18)12-5-4-11(2)16-10-12/h4-6,8,10,13,18H,3,7,9H2,1-2H3. The maximum atomic E-state index is 10.2. The quantitative estimate of drug-likeness (QED) is 0.879. The molecule has 18 heavy (non-hydrogen) atoms. The summed E-state index contributed by atoms with van der Waals surface area (Å²) in [5, 5.41) is 10.2. The zero-order chi connectivity index (χ0) is 13.0. The third-order valence-electron chi connectivity index (χ3n) is 2.96. The molecular formula is C14H19N3O. The minimum atomic E-state index is -0.545. The number of rotatable bonds is 5. The maximum absolute atomic E-state index is 10.2. The van der Waals surface area contributed by atoms with Crippen LogP contribution >= 0.6 is 0 Å². The Morgan fingerprint density at radius 1 is 1.33 bits per heavy atom. The molecule has 0 fully saturated rings. The van der Waals surface area contributed by atoms with Gasteiger partial charge in [0, 0.05) is 37.3 Å². The molecule has 0 spiro atoms. The normalized spacial score (nSPS) is 12.6. The van der Waals surface area contributed by atoms with Gasteiger partial charge in [-0.05, 0) is 25.0 Å².